The Bertz CT molecular complexity index is 927. The number of aliphatic hydroxyl groups is 1. The summed E-state index contributed by atoms with van der Waals surface area (Å²) in [4.78, 5) is 25.3. The summed E-state index contributed by atoms with van der Waals surface area (Å²) in [7, 11) is 1.27. The van der Waals surface area contributed by atoms with Gasteiger partial charge >= 0.3 is 0 Å². The summed E-state index contributed by atoms with van der Waals surface area (Å²) in [6, 6.07) is -0.880. The van der Waals surface area contributed by atoms with E-state index < -0.39 is 20.0 Å². The van der Waals surface area contributed by atoms with Crippen molar-refractivity contribution in [1.29, 1.82) is 0 Å². The largest absolute Gasteiger partial charge is 0.756 e. The third kappa shape index (κ3) is 41.4. The number of amides is 1. The molecule has 0 aromatic carbocycles. The Hall–Kier alpha value is -0.760. The summed E-state index contributed by atoms with van der Waals surface area (Å²) in [6.07, 6.45) is 45.4. The van der Waals surface area contributed by atoms with Crippen molar-refractivity contribution in [2.24, 2.45) is 0 Å². The number of unbranched alkanes of at least 4 members (excludes halogenated alkanes) is 31. The van der Waals surface area contributed by atoms with E-state index in [1.54, 1.807) is 6.08 Å². The summed E-state index contributed by atoms with van der Waals surface area (Å²) in [5, 5.41) is 13.8. The Labute approximate surface area is 348 Å². The van der Waals surface area contributed by atoms with Crippen molar-refractivity contribution in [3.63, 3.8) is 0 Å². The Morgan fingerprint density at radius 2 is 0.964 bits per heavy atom. The summed E-state index contributed by atoms with van der Waals surface area (Å²) in [6.45, 7) is 4.67. The molecule has 0 radical (unpaired) electrons. The second-order valence-electron chi connectivity index (χ2n) is 17.8. The molecule has 56 heavy (non-hydrogen) atoms. The van der Waals surface area contributed by atoms with Crippen molar-refractivity contribution in [3.8, 4) is 0 Å². The highest BCUT2D eigenvalue weighted by atomic mass is 31.2. The molecule has 0 aliphatic rings. The first-order chi connectivity index (χ1) is 27.0. The van der Waals surface area contributed by atoms with Gasteiger partial charge in [-0.15, -0.1) is 0 Å². The van der Waals surface area contributed by atoms with Crippen molar-refractivity contribution < 1.29 is 32.9 Å². The topological polar surface area (TPSA) is 108 Å². The average molecular weight is 815 g/mol. The summed E-state index contributed by atoms with van der Waals surface area (Å²) in [5.74, 6) is -0.193. The van der Waals surface area contributed by atoms with Crippen molar-refractivity contribution in [1.82, 2.24) is 5.32 Å². The Balaban J connectivity index is 4.29. The predicted molar refractivity (Wildman–Crippen MR) is 238 cm³/mol. The molecule has 1 amide bonds. The summed E-state index contributed by atoms with van der Waals surface area (Å²) in [5.41, 5.74) is 0. The molecule has 9 heteroatoms. The third-order valence-electron chi connectivity index (χ3n) is 11.0. The number of hydrogen-bond acceptors (Lipinski definition) is 6. The van der Waals surface area contributed by atoms with E-state index in [2.05, 4.69) is 19.2 Å². The van der Waals surface area contributed by atoms with Crippen LogP contribution in [0.5, 0.6) is 0 Å². The molecule has 3 atom stereocenters. The molecular formula is C47H95N2O6P. The zero-order valence-electron chi connectivity index (χ0n) is 37.9. The van der Waals surface area contributed by atoms with Crippen LogP contribution >= 0.6 is 7.82 Å². The van der Waals surface area contributed by atoms with Gasteiger partial charge in [0.05, 0.1) is 39.9 Å². The van der Waals surface area contributed by atoms with Crippen LogP contribution in [0.1, 0.15) is 232 Å². The van der Waals surface area contributed by atoms with Crippen molar-refractivity contribution >= 4 is 13.7 Å². The molecular weight excluding hydrogens is 719 g/mol. The van der Waals surface area contributed by atoms with E-state index in [0.717, 1.165) is 38.5 Å². The van der Waals surface area contributed by atoms with Gasteiger partial charge in [-0.2, -0.15) is 0 Å². The second-order valence-corrected chi connectivity index (χ2v) is 19.2. The van der Waals surface area contributed by atoms with Gasteiger partial charge in [-0.1, -0.05) is 219 Å². The number of allylic oxidation sites excluding steroid dienone is 1. The maximum Gasteiger partial charge on any atom is 0.268 e. The summed E-state index contributed by atoms with van der Waals surface area (Å²) < 4.78 is 23.2. The minimum Gasteiger partial charge on any atom is -0.756 e. The number of carbonyl (C=O) groups excluding carboxylic acids is 1. The second kappa shape index (κ2) is 39.7. The fourth-order valence-corrected chi connectivity index (χ4v) is 7.88. The van der Waals surface area contributed by atoms with Crippen LogP contribution in [-0.4, -0.2) is 68.5 Å². The number of likely N-dealkylation sites (N-methyl/N-ethyl adjacent to an activating group) is 1. The smallest absolute Gasteiger partial charge is 0.268 e. The lowest BCUT2D eigenvalue weighted by Gasteiger charge is -2.29. The van der Waals surface area contributed by atoms with Crippen LogP contribution in [0.25, 0.3) is 0 Å². The molecule has 0 spiro atoms. The van der Waals surface area contributed by atoms with E-state index in [9.17, 15) is 19.4 Å². The fourth-order valence-electron chi connectivity index (χ4n) is 7.15. The number of carbonyl (C=O) groups is 1. The third-order valence-corrected chi connectivity index (χ3v) is 12.0. The monoisotopic (exact) mass is 815 g/mol. The lowest BCUT2D eigenvalue weighted by atomic mass is 10.0. The molecule has 0 heterocycles. The molecule has 2 N–H and O–H groups in total. The number of nitrogens with zero attached hydrogens (tertiary/aromatic N) is 1. The van der Waals surface area contributed by atoms with E-state index in [0.29, 0.717) is 17.4 Å². The van der Waals surface area contributed by atoms with Crippen molar-refractivity contribution in [2.75, 3.05) is 40.9 Å². The molecule has 0 fully saturated rings. The highest BCUT2D eigenvalue weighted by Crippen LogP contribution is 2.38. The van der Waals surface area contributed by atoms with E-state index >= 15 is 0 Å². The highest BCUT2D eigenvalue weighted by Gasteiger charge is 2.23. The lowest BCUT2D eigenvalue weighted by Crippen LogP contribution is -2.45. The van der Waals surface area contributed by atoms with Crippen LogP contribution in [0.2, 0.25) is 0 Å². The van der Waals surface area contributed by atoms with E-state index in [-0.39, 0.29) is 19.1 Å². The van der Waals surface area contributed by atoms with Gasteiger partial charge in [-0.3, -0.25) is 9.36 Å². The van der Waals surface area contributed by atoms with E-state index in [4.69, 9.17) is 9.05 Å². The molecule has 0 aliphatic heterocycles. The van der Waals surface area contributed by atoms with Crippen LogP contribution in [0.4, 0.5) is 0 Å². The van der Waals surface area contributed by atoms with Gasteiger partial charge in [0, 0.05) is 6.42 Å². The molecule has 0 rings (SSSR count). The van der Waals surface area contributed by atoms with Gasteiger partial charge in [-0.25, -0.2) is 0 Å². The van der Waals surface area contributed by atoms with Gasteiger partial charge in [-0.05, 0) is 19.3 Å². The van der Waals surface area contributed by atoms with Crippen LogP contribution in [0, 0.1) is 0 Å². The van der Waals surface area contributed by atoms with Gasteiger partial charge < -0.3 is 28.8 Å². The molecule has 0 saturated heterocycles. The number of quaternary nitrogens is 1. The normalized spacial score (nSPS) is 14.3. The SMILES string of the molecule is CCCCCCCCCCCCCC/C=C/[C@@H](O)[C@H](COP(=O)([O-])OCC[N+](C)(C)C)NC(=O)CCCCCCCCCCCCCCCCCCCCCC. The molecule has 8 nitrogen and oxygen atoms in total. The van der Waals surface area contributed by atoms with Crippen LogP contribution in [0.3, 0.4) is 0 Å². The van der Waals surface area contributed by atoms with Crippen LogP contribution in [-0.2, 0) is 18.4 Å². The lowest BCUT2D eigenvalue weighted by molar-refractivity contribution is -0.870. The Kier molecular flexibility index (Phi) is 39.1. The fraction of sp³-hybridized carbons (Fsp3) is 0.936. The number of rotatable bonds is 44. The number of phosphoric ester groups is 1. The standard InChI is InChI=1S/C47H95N2O6P/c1-6-8-10-12-14-16-18-20-22-23-24-25-26-27-29-31-33-35-37-39-41-47(51)48-45(44-55-56(52,53)54-43-42-49(3,4)5)46(50)40-38-36-34-32-30-28-21-19-17-15-13-11-9-7-2/h38,40,45-46,50H,6-37,39,41-44H2,1-5H3,(H-,48,51,52,53)/b40-38+/t45-,46+/m0/s1. The predicted octanol–water partition coefficient (Wildman–Crippen LogP) is 12.9. The zero-order valence-corrected chi connectivity index (χ0v) is 38.7. The zero-order chi connectivity index (χ0) is 41.4. The summed E-state index contributed by atoms with van der Waals surface area (Å²) >= 11 is 0. The molecule has 0 aromatic rings. The first-order valence-electron chi connectivity index (χ1n) is 24.1. The number of phosphoric acid groups is 1. The minimum atomic E-state index is -4.58. The maximum atomic E-state index is 12.9. The number of nitrogens with one attached hydrogen (secondary N) is 1. The Morgan fingerprint density at radius 3 is 1.34 bits per heavy atom. The van der Waals surface area contributed by atoms with Gasteiger partial charge in [0.1, 0.15) is 13.2 Å². The average Bonchev–Trinajstić information content (AvgIpc) is 3.15. The van der Waals surface area contributed by atoms with Crippen LogP contribution < -0.4 is 10.2 Å². The van der Waals surface area contributed by atoms with Gasteiger partial charge in [0.25, 0.3) is 7.82 Å². The first-order valence-corrected chi connectivity index (χ1v) is 25.5. The van der Waals surface area contributed by atoms with E-state index in [1.165, 1.54) is 173 Å². The molecule has 334 valence electrons. The molecule has 0 saturated carbocycles. The minimum absolute atomic E-state index is 0.00223. The highest BCUT2D eigenvalue weighted by molar-refractivity contribution is 7.45. The molecule has 0 bridgehead atoms. The molecule has 0 aliphatic carbocycles. The molecule has 1 unspecified atom stereocenters. The maximum absolute atomic E-state index is 12.9. The number of hydrogen-bond donors (Lipinski definition) is 2. The van der Waals surface area contributed by atoms with Crippen molar-refractivity contribution in [3.05, 3.63) is 12.2 Å². The molecule has 0 aromatic heterocycles. The first kappa shape index (κ1) is 55.2. The van der Waals surface area contributed by atoms with Crippen LogP contribution in [0.15, 0.2) is 12.2 Å². The van der Waals surface area contributed by atoms with Gasteiger partial charge in [0.15, 0.2) is 0 Å². The Morgan fingerprint density at radius 1 is 0.607 bits per heavy atom. The number of aliphatic hydroxyl groups excluding tert-OH is 1. The van der Waals surface area contributed by atoms with E-state index in [1.807, 2.05) is 27.2 Å². The van der Waals surface area contributed by atoms with Crippen molar-refractivity contribution in [2.45, 2.75) is 244 Å². The quantitative estimate of drug-likeness (QED) is 0.0274. The van der Waals surface area contributed by atoms with Gasteiger partial charge in [0.2, 0.25) is 5.91 Å².